The molecule has 21 heavy (non-hydrogen) atoms. The zero-order valence-corrected chi connectivity index (χ0v) is 14.9. The van der Waals surface area contributed by atoms with Crippen molar-refractivity contribution >= 4 is 6.09 Å². The van der Waals surface area contributed by atoms with Gasteiger partial charge in [0.2, 0.25) is 0 Å². The average molecular weight is 298 g/mol. The van der Waals surface area contributed by atoms with E-state index in [1.54, 1.807) is 4.90 Å². The minimum absolute atomic E-state index is 0.200. The van der Waals surface area contributed by atoms with Gasteiger partial charge in [0, 0.05) is 19.1 Å². The first-order chi connectivity index (χ1) is 9.62. The summed E-state index contributed by atoms with van der Waals surface area (Å²) in [5.74, 6) is 1.74. The van der Waals surface area contributed by atoms with Gasteiger partial charge in [-0.2, -0.15) is 0 Å². The fraction of sp³-hybridized carbons (Fsp3) is 0.941. The molecule has 2 fully saturated rings. The molecule has 0 aliphatic heterocycles. The van der Waals surface area contributed by atoms with Crippen molar-refractivity contribution < 1.29 is 9.53 Å². The summed E-state index contributed by atoms with van der Waals surface area (Å²) in [5.41, 5.74) is -0.388. The molecule has 0 unspecified atom stereocenters. The van der Waals surface area contributed by atoms with Gasteiger partial charge >= 0.3 is 6.09 Å². The van der Waals surface area contributed by atoms with Gasteiger partial charge in [-0.15, -0.1) is 0 Å². The van der Waals surface area contributed by atoms with Crippen LogP contribution < -0.4 is 5.32 Å². The highest BCUT2D eigenvalue weighted by Crippen LogP contribution is 2.31. The summed E-state index contributed by atoms with van der Waals surface area (Å²) in [6.45, 7) is 10.2. The predicted octanol–water partition coefficient (Wildman–Crippen LogP) is 3.66. The molecule has 4 nitrogen and oxygen atoms in total. The number of amides is 1. The Hall–Kier alpha value is -0.770. The van der Waals surface area contributed by atoms with E-state index >= 15 is 0 Å². The standard InChI is InChI=1S/C11H21NO2.C6H13N/c1-8-6-9(7-8)12(5)10(13)14-11(2,3)4;1-5-3-6(4-5)7-2/h8-9H,6-7H2,1-5H3;5-7H,3-4H2,1-2H3. The lowest BCUT2D eigenvalue weighted by atomic mass is 9.81. The first kappa shape index (κ1) is 18.3. The van der Waals surface area contributed by atoms with Crippen molar-refractivity contribution in [2.24, 2.45) is 11.8 Å². The molecule has 2 aliphatic carbocycles. The van der Waals surface area contributed by atoms with Gasteiger partial charge in [-0.1, -0.05) is 13.8 Å². The highest BCUT2D eigenvalue weighted by atomic mass is 16.6. The number of nitrogens with one attached hydrogen (secondary N) is 1. The maximum Gasteiger partial charge on any atom is 0.410 e. The first-order valence-corrected chi connectivity index (χ1v) is 8.25. The molecular formula is C17H34N2O2. The number of carbonyl (C=O) groups is 1. The van der Waals surface area contributed by atoms with Crippen molar-refractivity contribution in [1.82, 2.24) is 10.2 Å². The van der Waals surface area contributed by atoms with Crippen LogP contribution >= 0.6 is 0 Å². The third kappa shape index (κ3) is 6.25. The van der Waals surface area contributed by atoms with Gasteiger partial charge in [0.25, 0.3) is 0 Å². The molecule has 0 radical (unpaired) electrons. The van der Waals surface area contributed by atoms with E-state index in [1.807, 2.05) is 34.9 Å². The maximum atomic E-state index is 11.6. The lowest BCUT2D eigenvalue weighted by molar-refractivity contribution is 0.00814. The van der Waals surface area contributed by atoms with E-state index in [2.05, 4.69) is 19.2 Å². The lowest BCUT2D eigenvalue weighted by Gasteiger charge is -2.39. The van der Waals surface area contributed by atoms with Crippen LogP contribution in [-0.4, -0.2) is 42.8 Å². The molecule has 124 valence electrons. The Bertz CT molecular complexity index is 326. The Morgan fingerprint density at radius 3 is 1.86 bits per heavy atom. The summed E-state index contributed by atoms with van der Waals surface area (Å²) in [4.78, 5) is 13.3. The number of ether oxygens (including phenoxy) is 1. The fourth-order valence-corrected chi connectivity index (χ4v) is 2.80. The van der Waals surface area contributed by atoms with Gasteiger partial charge in [-0.3, -0.25) is 0 Å². The highest BCUT2D eigenvalue weighted by Gasteiger charge is 2.33. The van der Waals surface area contributed by atoms with Crippen LogP contribution in [0.3, 0.4) is 0 Å². The van der Waals surface area contributed by atoms with Crippen molar-refractivity contribution in [3.05, 3.63) is 0 Å². The van der Waals surface area contributed by atoms with E-state index < -0.39 is 0 Å². The van der Waals surface area contributed by atoms with Crippen molar-refractivity contribution in [3.8, 4) is 0 Å². The molecule has 2 saturated carbocycles. The molecule has 4 heteroatoms. The lowest BCUT2D eigenvalue weighted by Crippen LogP contribution is -2.46. The van der Waals surface area contributed by atoms with Crippen LogP contribution in [0.15, 0.2) is 0 Å². The van der Waals surface area contributed by atoms with Gasteiger partial charge in [-0.25, -0.2) is 4.79 Å². The molecule has 1 amide bonds. The summed E-state index contributed by atoms with van der Waals surface area (Å²) in [6.07, 6.45) is 4.78. The monoisotopic (exact) mass is 298 g/mol. The summed E-state index contributed by atoms with van der Waals surface area (Å²) >= 11 is 0. The molecule has 0 saturated heterocycles. The average Bonchev–Trinajstić information content (AvgIpc) is 2.28. The van der Waals surface area contributed by atoms with Gasteiger partial charge in [0.1, 0.15) is 5.60 Å². The topological polar surface area (TPSA) is 41.6 Å². The van der Waals surface area contributed by atoms with Crippen LogP contribution in [0.25, 0.3) is 0 Å². The molecular weight excluding hydrogens is 264 g/mol. The molecule has 2 rings (SSSR count). The van der Waals surface area contributed by atoms with E-state index in [9.17, 15) is 4.79 Å². The van der Waals surface area contributed by atoms with Gasteiger partial charge in [0.05, 0.1) is 0 Å². The van der Waals surface area contributed by atoms with E-state index in [1.165, 1.54) is 12.8 Å². The summed E-state index contributed by atoms with van der Waals surface area (Å²) in [5, 5.41) is 3.23. The van der Waals surface area contributed by atoms with E-state index in [-0.39, 0.29) is 11.7 Å². The molecule has 2 aliphatic rings. The summed E-state index contributed by atoms with van der Waals surface area (Å²) in [7, 11) is 3.86. The zero-order chi connectivity index (χ0) is 16.2. The van der Waals surface area contributed by atoms with Crippen molar-refractivity contribution in [3.63, 3.8) is 0 Å². The SMILES string of the molecule is CC1CC(N(C)C(=O)OC(C)(C)C)C1.CNC1CC(C)C1. The third-order valence-corrected chi connectivity index (χ3v) is 4.36. The Kier molecular flexibility index (Phi) is 6.51. The smallest absolute Gasteiger partial charge is 0.410 e. The molecule has 0 atom stereocenters. The highest BCUT2D eigenvalue weighted by molar-refractivity contribution is 5.68. The Balaban J connectivity index is 0.000000262. The zero-order valence-electron chi connectivity index (χ0n) is 14.9. The normalized spacial score (nSPS) is 31.2. The Morgan fingerprint density at radius 1 is 1.10 bits per heavy atom. The van der Waals surface area contributed by atoms with Gasteiger partial charge in [-0.05, 0) is 65.3 Å². The largest absolute Gasteiger partial charge is 0.444 e. The molecule has 0 aromatic rings. The quantitative estimate of drug-likeness (QED) is 0.846. The second kappa shape index (κ2) is 7.48. The van der Waals surface area contributed by atoms with Crippen LogP contribution in [0.2, 0.25) is 0 Å². The minimum Gasteiger partial charge on any atom is -0.444 e. The number of carbonyl (C=O) groups excluding carboxylic acids is 1. The second-order valence-corrected chi connectivity index (χ2v) is 7.88. The second-order valence-electron chi connectivity index (χ2n) is 7.88. The van der Waals surface area contributed by atoms with Crippen LogP contribution in [0.5, 0.6) is 0 Å². The van der Waals surface area contributed by atoms with E-state index in [0.717, 1.165) is 30.7 Å². The van der Waals surface area contributed by atoms with Gasteiger partial charge < -0.3 is 15.0 Å². The molecule has 0 bridgehead atoms. The van der Waals surface area contributed by atoms with E-state index in [4.69, 9.17) is 4.74 Å². The predicted molar refractivity (Wildman–Crippen MR) is 87.4 cm³/mol. The van der Waals surface area contributed by atoms with Crippen LogP contribution in [-0.2, 0) is 4.74 Å². The first-order valence-electron chi connectivity index (χ1n) is 8.25. The van der Waals surface area contributed by atoms with Crippen molar-refractivity contribution in [2.45, 2.75) is 78.0 Å². The molecule has 0 aromatic heterocycles. The summed E-state index contributed by atoms with van der Waals surface area (Å²) < 4.78 is 5.28. The van der Waals surface area contributed by atoms with Crippen molar-refractivity contribution in [1.29, 1.82) is 0 Å². The Labute approximate surface area is 130 Å². The molecule has 0 heterocycles. The third-order valence-electron chi connectivity index (χ3n) is 4.36. The minimum atomic E-state index is -0.388. The van der Waals surface area contributed by atoms with E-state index in [0.29, 0.717) is 6.04 Å². The maximum absolute atomic E-state index is 11.6. The number of rotatable bonds is 2. The molecule has 1 N–H and O–H groups in total. The number of hydrogen-bond donors (Lipinski definition) is 1. The van der Waals surface area contributed by atoms with Crippen LogP contribution in [0.1, 0.15) is 60.3 Å². The van der Waals surface area contributed by atoms with Crippen LogP contribution in [0.4, 0.5) is 4.79 Å². The number of nitrogens with zero attached hydrogens (tertiary/aromatic N) is 1. The Morgan fingerprint density at radius 2 is 1.57 bits per heavy atom. The number of hydrogen-bond acceptors (Lipinski definition) is 3. The van der Waals surface area contributed by atoms with Crippen LogP contribution in [0, 0.1) is 11.8 Å². The van der Waals surface area contributed by atoms with Crippen molar-refractivity contribution in [2.75, 3.05) is 14.1 Å². The van der Waals surface area contributed by atoms with Gasteiger partial charge in [0.15, 0.2) is 0 Å². The molecule has 0 spiro atoms. The molecule has 0 aromatic carbocycles. The summed E-state index contributed by atoms with van der Waals surface area (Å²) in [6, 6.07) is 1.23. The fourth-order valence-electron chi connectivity index (χ4n) is 2.80.